The van der Waals surface area contributed by atoms with Crippen LogP contribution >= 0.6 is 0 Å². The van der Waals surface area contributed by atoms with Gasteiger partial charge in [0, 0.05) is 19.6 Å². The van der Waals surface area contributed by atoms with E-state index >= 15 is 0 Å². The fourth-order valence-electron chi connectivity index (χ4n) is 3.43. The molecule has 1 N–H and O–H groups in total. The van der Waals surface area contributed by atoms with Gasteiger partial charge in [0.1, 0.15) is 18.1 Å². The largest absolute Gasteiger partial charge is 0.496 e. The van der Waals surface area contributed by atoms with Crippen molar-refractivity contribution in [2.24, 2.45) is 0 Å². The minimum absolute atomic E-state index is 0.00109. The number of methoxy groups -OCH3 is 1. The zero-order valence-electron chi connectivity index (χ0n) is 18.5. The highest BCUT2D eigenvalue weighted by Gasteiger charge is 2.24. The maximum atomic E-state index is 12.9. The molecule has 3 rings (SSSR count). The molecule has 0 unspecified atom stereocenters. The molecule has 8 nitrogen and oxygen atoms in total. The molecule has 1 saturated heterocycles. The topological polar surface area (TPSA) is 94.2 Å². The summed E-state index contributed by atoms with van der Waals surface area (Å²) in [5.74, 6) is 0.735. The molecule has 0 spiro atoms. The number of ether oxygens (including phenoxy) is 3. The minimum Gasteiger partial charge on any atom is -0.496 e. The number of carbonyl (C=O) groups excluding carboxylic acids is 1. The first-order valence-corrected chi connectivity index (χ1v) is 12.2. The summed E-state index contributed by atoms with van der Waals surface area (Å²) in [6, 6.07) is 12.0. The van der Waals surface area contributed by atoms with Crippen LogP contribution in [0.4, 0.5) is 0 Å². The zero-order chi connectivity index (χ0) is 23.0. The number of carbonyl (C=O) groups is 1. The van der Waals surface area contributed by atoms with Crippen LogP contribution in [0.15, 0.2) is 47.4 Å². The number of aryl methyl sites for hydroxylation is 1. The molecular weight excluding hydrogens is 432 g/mol. The fourth-order valence-corrected chi connectivity index (χ4v) is 4.47. The Bertz CT molecular complexity index is 1000. The maximum absolute atomic E-state index is 12.9. The number of nitrogens with one attached hydrogen (secondary N) is 1. The molecule has 0 aromatic heterocycles. The fraction of sp³-hybridized carbons (Fsp3) is 0.435. The van der Waals surface area contributed by atoms with Crippen LogP contribution in [0.5, 0.6) is 11.5 Å². The molecule has 1 aliphatic heterocycles. The molecule has 32 heavy (non-hydrogen) atoms. The van der Waals surface area contributed by atoms with E-state index in [1.807, 2.05) is 24.3 Å². The lowest BCUT2D eigenvalue weighted by Crippen LogP contribution is -2.40. The van der Waals surface area contributed by atoms with Gasteiger partial charge in [-0.3, -0.25) is 4.79 Å². The Kier molecular flexibility index (Phi) is 8.49. The van der Waals surface area contributed by atoms with Crippen molar-refractivity contribution in [2.75, 3.05) is 46.6 Å². The predicted molar refractivity (Wildman–Crippen MR) is 121 cm³/mol. The van der Waals surface area contributed by atoms with Crippen molar-refractivity contribution in [3.63, 3.8) is 0 Å². The van der Waals surface area contributed by atoms with Gasteiger partial charge in [-0.1, -0.05) is 25.5 Å². The highest BCUT2D eigenvalue weighted by molar-refractivity contribution is 7.89. The molecule has 1 aliphatic rings. The smallest absolute Gasteiger partial charge is 0.257 e. The van der Waals surface area contributed by atoms with Gasteiger partial charge in [0.05, 0.1) is 30.8 Å². The van der Waals surface area contributed by atoms with Crippen LogP contribution in [-0.4, -0.2) is 65.8 Å². The van der Waals surface area contributed by atoms with Gasteiger partial charge >= 0.3 is 0 Å². The molecule has 174 valence electrons. The second-order valence-electron chi connectivity index (χ2n) is 7.41. The van der Waals surface area contributed by atoms with Gasteiger partial charge in [-0.15, -0.1) is 0 Å². The summed E-state index contributed by atoms with van der Waals surface area (Å²) in [4.78, 5) is 14.5. The van der Waals surface area contributed by atoms with E-state index in [2.05, 4.69) is 11.6 Å². The standard InChI is InChI=1S/C23H30N2O6S/c1-3-4-18-5-7-19(8-6-18)31-14-11-24-32(27,28)20-9-10-22(29-2)21(17-20)23(26)25-12-15-30-16-13-25/h5-10,17,24H,3-4,11-16H2,1-2H3. The molecular formula is C23H30N2O6S. The Balaban J connectivity index is 1.62. The Hall–Kier alpha value is -2.62. The van der Waals surface area contributed by atoms with E-state index < -0.39 is 10.0 Å². The van der Waals surface area contributed by atoms with E-state index in [9.17, 15) is 13.2 Å². The zero-order valence-corrected chi connectivity index (χ0v) is 19.3. The Morgan fingerprint density at radius 2 is 1.84 bits per heavy atom. The lowest BCUT2D eigenvalue weighted by molar-refractivity contribution is 0.0300. The third kappa shape index (κ3) is 6.21. The third-order valence-electron chi connectivity index (χ3n) is 5.13. The van der Waals surface area contributed by atoms with Crippen molar-refractivity contribution in [2.45, 2.75) is 24.7 Å². The summed E-state index contributed by atoms with van der Waals surface area (Å²) in [7, 11) is -2.37. The van der Waals surface area contributed by atoms with Crippen LogP contribution in [0.3, 0.4) is 0 Å². The number of hydrogen-bond acceptors (Lipinski definition) is 6. The van der Waals surface area contributed by atoms with Gasteiger partial charge in [0.2, 0.25) is 10.0 Å². The van der Waals surface area contributed by atoms with E-state index in [1.165, 1.54) is 30.9 Å². The number of morpholine rings is 1. The molecule has 0 radical (unpaired) electrons. The van der Waals surface area contributed by atoms with Crippen LogP contribution < -0.4 is 14.2 Å². The number of amides is 1. The Morgan fingerprint density at radius 3 is 2.50 bits per heavy atom. The summed E-state index contributed by atoms with van der Waals surface area (Å²) < 4.78 is 44.2. The second-order valence-corrected chi connectivity index (χ2v) is 9.17. The van der Waals surface area contributed by atoms with E-state index in [1.54, 1.807) is 4.90 Å². The maximum Gasteiger partial charge on any atom is 0.257 e. The van der Waals surface area contributed by atoms with Crippen molar-refractivity contribution in [3.05, 3.63) is 53.6 Å². The lowest BCUT2D eigenvalue weighted by Gasteiger charge is -2.27. The normalized spacial score (nSPS) is 14.2. The molecule has 0 bridgehead atoms. The quantitative estimate of drug-likeness (QED) is 0.545. The molecule has 1 fully saturated rings. The van der Waals surface area contributed by atoms with Crippen LogP contribution in [0.2, 0.25) is 0 Å². The second kappa shape index (κ2) is 11.3. The monoisotopic (exact) mass is 462 g/mol. The van der Waals surface area contributed by atoms with E-state index in [-0.39, 0.29) is 29.5 Å². The highest BCUT2D eigenvalue weighted by Crippen LogP contribution is 2.24. The average Bonchev–Trinajstić information content (AvgIpc) is 2.82. The summed E-state index contributed by atoms with van der Waals surface area (Å²) in [6.45, 7) is 4.21. The van der Waals surface area contributed by atoms with Crippen LogP contribution in [-0.2, 0) is 21.2 Å². The van der Waals surface area contributed by atoms with E-state index in [0.717, 1.165) is 12.8 Å². The number of hydrogen-bond donors (Lipinski definition) is 1. The lowest BCUT2D eigenvalue weighted by atomic mass is 10.1. The van der Waals surface area contributed by atoms with Gasteiger partial charge in [0.25, 0.3) is 5.91 Å². The van der Waals surface area contributed by atoms with Crippen molar-refractivity contribution in [1.29, 1.82) is 0 Å². The first-order chi connectivity index (χ1) is 15.4. The molecule has 1 amide bonds. The van der Waals surface area contributed by atoms with Crippen molar-refractivity contribution >= 4 is 15.9 Å². The van der Waals surface area contributed by atoms with Gasteiger partial charge < -0.3 is 19.1 Å². The van der Waals surface area contributed by atoms with Crippen molar-refractivity contribution in [3.8, 4) is 11.5 Å². The molecule has 0 aliphatic carbocycles. The highest BCUT2D eigenvalue weighted by atomic mass is 32.2. The summed E-state index contributed by atoms with van der Waals surface area (Å²) in [5.41, 5.74) is 1.45. The Labute approximate surface area is 189 Å². The van der Waals surface area contributed by atoms with E-state index in [4.69, 9.17) is 14.2 Å². The molecule has 1 heterocycles. The van der Waals surface area contributed by atoms with Crippen LogP contribution in [0.25, 0.3) is 0 Å². The summed E-state index contributed by atoms with van der Waals surface area (Å²) in [6.07, 6.45) is 2.09. The number of nitrogens with zero attached hydrogens (tertiary/aromatic N) is 1. The average molecular weight is 463 g/mol. The molecule has 0 saturated carbocycles. The third-order valence-corrected chi connectivity index (χ3v) is 6.59. The van der Waals surface area contributed by atoms with Crippen LogP contribution in [0.1, 0.15) is 29.3 Å². The van der Waals surface area contributed by atoms with Gasteiger partial charge in [-0.25, -0.2) is 13.1 Å². The van der Waals surface area contributed by atoms with Crippen LogP contribution in [0, 0.1) is 0 Å². The number of rotatable bonds is 10. The van der Waals surface area contributed by atoms with Crippen molar-refractivity contribution < 1.29 is 27.4 Å². The molecule has 2 aromatic rings. The molecule has 9 heteroatoms. The number of sulfonamides is 1. The predicted octanol–water partition coefficient (Wildman–Crippen LogP) is 2.48. The Morgan fingerprint density at radius 1 is 1.12 bits per heavy atom. The summed E-state index contributed by atoms with van der Waals surface area (Å²) in [5, 5.41) is 0. The SMILES string of the molecule is CCCc1ccc(OCCNS(=O)(=O)c2ccc(OC)c(C(=O)N3CCOCC3)c2)cc1. The van der Waals surface area contributed by atoms with E-state index in [0.29, 0.717) is 37.8 Å². The minimum atomic E-state index is -3.82. The first-order valence-electron chi connectivity index (χ1n) is 10.7. The molecule has 2 aromatic carbocycles. The van der Waals surface area contributed by atoms with Gasteiger partial charge in [-0.05, 0) is 42.3 Å². The summed E-state index contributed by atoms with van der Waals surface area (Å²) >= 11 is 0. The van der Waals surface area contributed by atoms with Crippen molar-refractivity contribution in [1.82, 2.24) is 9.62 Å². The number of benzene rings is 2. The van der Waals surface area contributed by atoms with Gasteiger partial charge in [-0.2, -0.15) is 0 Å². The first kappa shape index (κ1) is 24.0. The molecule has 0 atom stereocenters. The van der Waals surface area contributed by atoms with Gasteiger partial charge in [0.15, 0.2) is 0 Å².